The van der Waals surface area contributed by atoms with Crippen molar-refractivity contribution in [1.29, 1.82) is 0 Å². The summed E-state index contributed by atoms with van der Waals surface area (Å²) in [5.74, 6) is -0.751. The minimum absolute atomic E-state index is 0.0661. The van der Waals surface area contributed by atoms with Crippen LogP contribution in [-0.4, -0.2) is 19.3 Å². The summed E-state index contributed by atoms with van der Waals surface area (Å²) in [7, 11) is -4.96. The van der Waals surface area contributed by atoms with E-state index in [2.05, 4.69) is 10.3 Å². The molecule has 0 fully saturated rings. The predicted molar refractivity (Wildman–Crippen MR) is 69.8 cm³/mol. The number of hydrogen-bond donors (Lipinski definition) is 2. The van der Waals surface area contributed by atoms with Crippen LogP contribution < -0.4 is 10.9 Å². The lowest BCUT2D eigenvalue weighted by Gasteiger charge is -2.07. The van der Waals surface area contributed by atoms with Crippen molar-refractivity contribution < 1.29 is 17.1 Å². The van der Waals surface area contributed by atoms with Gasteiger partial charge in [-0.3, -0.25) is 9.59 Å². The number of halogens is 1. The third-order valence-electron chi connectivity index (χ3n) is 2.41. The van der Waals surface area contributed by atoms with Crippen molar-refractivity contribution >= 4 is 21.8 Å². The zero-order chi connectivity index (χ0) is 14.8. The molecule has 104 valence electrons. The average Bonchev–Trinajstić information content (AvgIpc) is 2.38. The summed E-state index contributed by atoms with van der Waals surface area (Å²) >= 11 is 0. The van der Waals surface area contributed by atoms with Gasteiger partial charge in [-0.1, -0.05) is 18.2 Å². The molecule has 8 heteroatoms. The first kappa shape index (κ1) is 13.9. The third-order valence-corrected chi connectivity index (χ3v) is 3.29. The van der Waals surface area contributed by atoms with Gasteiger partial charge in [0.15, 0.2) is 0 Å². The van der Waals surface area contributed by atoms with Gasteiger partial charge in [-0.05, 0) is 18.2 Å². The van der Waals surface area contributed by atoms with E-state index < -0.39 is 26.6 Å². The monoisotopic (exact) mass is 296 g/mol. The first-order chi connectivity index (χ1) is 9.38. The van der Waals surface area contributed by atoms with E-state index in [4.69, 9.17) is 0 Å². The number of nitrogens with one attached hydrogen (secondary N) is 2. The molecule has 1 aromatic heterocycles. The number of aromatic nitrogens is 1. The van der Waals surface area contributed by atoms with E-state index >= 15 is 0 Å². The summed E-state index contributed by atoms with van der Waals surface area (Å²) < 4.78 is 35.0. The maximum absolute atomic E-state index is 13.1. The molecule has 0 aliphatic rings. The van der Waals surface area contributed by atoms with E-state index in [0.717, 1.165) is 6.07 Å². The summed E-state index contributed by atoms with van der Waals surface area (Å²) in [6.07, 6.45) is 0. The van der Waals surface area contributed by atoms with Crippen LogP contribution in [0.2, 0.25) is 0 Å². The second-order valence-electron chi connectivity index (χ2n) is 3.82. The Bertz CT molecular complexity index is 814. The van der Waals surface area contributed by atoms with Crippen LogP contribution in [0.1, 0.15) is 10.5 Å². The summed E-state index contributed by atoms with van der Waals surface area (Å²) in [6.45, 7) is 0. The summed E-state index contributed by atoms with van der Waals surface area (Å²) in [4.78, 5) is 24.6. The Morgan fingerprint density at radius 3 is 2.45 bits per heavy atom. The van der Waals surface area contributed by atoms with Crippen LogP contribution in [0.15, 0.2) is 52.2 Å². The highest BCUT2D eigenvalue weighted by molar-refractivity contribution is 7.86. The van der Waals surface area contributed by atoms with Gasteiger partial charge in [0.2, 0.25) is 5.56 Å². The van der Waals surface area contributed by atoms with Crippen LogP contribution in [0.5, 0.6) is 0 Å². The normalized spacial score (nSPS) is 11.1. The Morgan fingerprint density at radius 1 is 1.10 bits per heavy atom. The van der Waals surface area contributed by atoms with E-state index in [-0.39, 0.29) is 11.4 Å². The summed E-state index contributed by atoms with van der Waals surface area (Å²) in [5.41, 5.74) is -0.752. The van der Waals surface area contributed by atoms with Gasteiger partial charge in [0.05, 0.1) is 5.69 Å². The molecule has 0 saturated heterocycles. The Morgan fingerprint density at radius 2 is 1.80 bits per heavy atom. The number of rotatable bonds is 3. The molecule has 6 nitrogen and oxygen atoms in total. The van der Waals surface area contributed by atoms with Crippen LogP contribution in [0, 0.1) is 0 Å². The number of carbonyl (C=O) groups is 1. The highest BCUT2D eigenvalue weighted by Crippen LogP contribution is 2.22. The van der Waals surface area contributed by atoms with Gasteiger partial charge in [0.1, 0.15) is 10.6 Å². The standard InChI is InChI=1S/C12H9FN2O4S/c13-20(18,19)10-6-2-1-4-8(10)15-12(17)9-5-3-7-11(16)14-9/h1-7H,(H,14,16)(H,15,17). The Kier molecular flexibility index (Phi) is 3.66. The second-order valence-corrected chi connectivity index (χ2v) is 5.13. The van der Waals surface area contributed by atoms with Gasteiger partial charge in [-0.2, -0.15) is 8.42 Å². The molecule has 0 spiro atoms. The number of anilines is 1. The van der Waals surface area contributed by atoms with Gasteiger partial charge in [-0.15, -0.1) is 3.89 Å². The topological polar surface area (TPSA) is 96.1 Å². The molecule has 0 unspecified atom stereocenters. The number of para-hydroxylation sites is 1. The van der Waals surface area contributed by atoms with Crippen LogP contribution in [0.25, 0.3) is 0 Å². The highest BCUT2D eigenvalue weighted by Gasteiger charge is 2.18. The molecule has 0 bridgehead atoms. The van der Waals surface area contributed by atoms with Gasteiger partial charge >= 0.3 is 10.2 Å². The third kappa shape index (κ3) is 3.09. The first-order valence-corrected chi connectivity index (χ1v) is 6.80. The van der Waals surface area contributed by atoms with E-state index in [1.54, 1.807) is 0 Å². The molecule has 0 atom stereocenters. The van der Waals surface area contributed by atoms with E-state index in [9.17, 15) is 21.9 Å². The molecule has 0 aliphatic carbocycles. The van der Waals surface area contributed by atoms with Crippen molar-refractivity contribution in [3.05, 3.63) is 58.5 Å². The molecule has 2 aromatic rings. The Balaban J connectivity index is 2.36. The number of H-pyrrole nitrogens is 1. The maximum atomic E-state index is 13.1. The zero-order valence-corrected chi connectivity index (χ0v) is 10.8. The van der Waals surface area contributed by atoms with Crippen molar-refractivity contribution in [2.45, 2.75) is 4.90 Å². The minimum atomic E-state index is -4.96. The lowest BCUT2D eigenvalue weighted by molar-refractivity contribution is 0.102. The molecule has 1 heterocycles. The van der Waals surface area contributed by atoms with Gasteiger partial charge in [0, 0.05) is 6.07 Å². The summed E-state index contributed by atoms with van der Waals surface area (Å²) in [5, 5.41) is 2.23. The summed E-state index contributed by atoms with van der Waals surface area (Å²) in [6, 6.07) is 8.96. The molecule has 20 heavy (non-hydrogen) atoms. The van der Waals surface area contributed by atoms with E-state index in [1.807, 2.05) is 0 Å². The largest absolute Gasteiger partial charge is 0.334 e. The van der Waals surface area contributed by atoms with Gasteiger partial charge in [0.25, 0.3) is 5.91 Å². The Hall–Kier alpha value is -2.48. The van der Waals surface area contributed by atoms with Crippen molar-refractivity contribution in [3.63, 3.8) is 0 Å². The molecular weight excluding hydrogens is 287 g/mol. The van der Waals surface area contributed by atoms with Gasteiger partial charge < -0.3 is 10.3 Å². The van der Waals surface area contributed by atoms with E-state index in [0.29, 0.717) is 0 Å². The molecule has 1 aromatic carbocycles. The number of hydrogen-bond acceptors (Lipinski definition) is 4. The molecule has 0 radical (unpaired) electrons. The van der Waals surface area contributed by atoms with Crippen molar-refractivity contribution in [3.8, 4) is 0 Å². The number of amides is 1. The van der Waals surface area contributed by atoms with Gasteiger partial charge in [-0.25, -0.2) is 0 Å². The smallest absolute Gasteiger partial charge is 0.319 e. The average molecular weight is 296 g/mol. The quantitative estimate of drug-likeness (QED) is 0.834. The second kappa shape index (κ2) is 5.25. The molecule has 0 saturated carbocycles. The number of carbonyl (C=O) groups excluding carboxylic acids is 1. The van der Waals surface area contributed by atoms with Crippen molar-refractivity contribution in [2.24, 2.45) is 0 Å². The maximum Gasteiger partial charge on any atom is 0.334 e. The SMILES string of the molecule is O=C(Nc1ccccc1S(=O)(=O)F)c1cccc(=O)[nH]1. The van der Waals surface area contributed by atoms with Crippen molar-refractivity contribution in [2.75, 3.05) is 5.32 Å². The minimum Gasteiger partial charge on any atom is -0.319 e. The molecular formula is C12H9FN2O4S. The number of aromatic amines is 1. The fourth-order valence-corrected chi connectivity index (χ4v) is 2.18. The molecule has 1 amide bonds. The van der Waals surface area contributed by atoms with Crippen molar-refractivity contribution in [1.82, 2.24) is 4.98 Å². The molecule has 2 rings (SSSR count). The van der Waals surface area contributed by atoms with Crippen LogP contribution in [0.3, 0.4) is 0 Å². The number of pyridine rings is 1. The van der Waals surface area contributed by atoms with Crippen LogP contribution in [0.4, 0.5) is 9.57 Å². The van der Waals surface area contributed by atoms with Crippen LogP contribution in [-0.2, 0) is 10.2 Å². The fourth-order valence-electron chi connectivity index (χ4n) is 1.55. The molecule has 2 N–H and O–H groups in total. The van der Waals surface area contributed by atoms with E-state index in [1.165, 1.54) is 36.4 Å². The van der Waals surface area contributed by atoms with Crippen LogP contribution >= 0.6 is 0 Å². The first-order valence-electron chi connectivity index (χ1n) is 5.42. The predicted octanol–water partition coefficient (Wildman–Crippen LogP) is 1.29. The zero-order valence-electron chi connectivity index (χ0n) is 9.96. The lowest BCUT2D eigenvalue weighted by Crippen LogP contribution is -2.18. The fraction of sp³-hybridized carbons (Fsp3) is 0. The Labute approximate surface area is 113 Å². The molecule has 0 aliphatic heterocycles. The number of benzene rings is 1. The highest BCUT2D eigenvalue weighted by atomic mass is 32.3. The lowest BCUT2D eigenvalue weighted by atomic mass is 10.3.